The number of hydrogen-bond donors (Lipinski definition) is 1. The Morgan fingerprint density at radius 3 is 3.00 bits per heavy atom. The van der Waals surface area contributed by atoms with E-state index in [2.05, 4.69) is 0 Å². The molecule has 1 saturated carbocycles. The Morgan fingerprint density at radius 1 is 1.75 bits per heavy atom. The Hall–Kier alpha value is -0.630. The second kappa shape index (κ2) is 4.41. The predicted molar refractivity (Wildman–Crippen MR) is 47.8 cm³/mol. The van der Waals surface area contributed by atoms with Gasteiger partial charge in [-0.25, -0.2) is 0 Å². The lowest BCUT2D eigenvalue weighted by Gasteiger charge is -2.02. The fourth-order valence-electron chi connectivity index (χ4n) is 1.58. The van der Waals surface area contributed by atoms with Crippen molar-refractivity contribution in [2.75, 3.05) is 0 Å². The van der Waals surface area contributed by atoms with Crippen LogP contribution < -0.4 is 0 Å². The largest absolute Gasteiger partial charge is 0.389 e. The Kier molecular flexibility index (Phi) is 3.48. The monoisotopic (exact) mass is 168 g/mol. The second-order valence-corrected chi connectivity index (χ2v) is 3.46. The highest BCUT2D eigenvalue weighted by Gasteiger charge is 2.22. The van der Waals surface area contributed by atoms with Gasteiger partial charge in [0.1, 0.15) is 5.78 Å². The molecule has 12 heavy (non-hydrogen) atoms. The zero-order valence-corrected chi connectivity index (χ0v) is 7.49. The van der Waals surface area contributed by atoms with Gasteiger partial charge in [0.15, 0.2) is 0 Å². The number of carbonyl (C=O) groups is 1. The van der Waals surface area contributed by atoms with Crippen LogP contribution in [-0.4, -0.2) is 17.0 Å². The number of carbonyl (C=O) groups excluding carboxylic acids is 1. The number of ketones is 1. The second-order valence-electron chi connectivity index (χ2n) is 3.46. The van der Waals surface area contributed by atoms with E-state index in [4.69, 9.17) is 5.11 Å². The van der Waals surface area contributed by atoms with E-state index in [9.17, 15) is 4.79 Å². The minimum absolute atomic E-state index is 0.236. The first kappa shape index (κ1) is 9.46. The molecule has 68 valence electrons. The first-order valence-corrected chi connectivity index (χ1v) is 4.57. The Morgan fingerprint density at radius 2 is 2.50 bits per heavy atom. The molecule has 1 aliphatic carbocycles. The van der Waals surface area contributed by atoms with Gasteiger partial charge >= 0.3 is 0 Å². The molecule has 0 radical (unpaired) electrons. The van der Waals surface area contributed by atoms with Crippen molar-refractivity contribution in [2.24, 2.45) is 5.92 Å². The summed E-state index contributed by atoms with van der Waals surface area (Å²) in [6.07, 6.45) is 6.91. The lowest BCUT2D eigenvalue weighted by molar-refractivity contribution is -0.120. The van der Waals surface area contributed by atoms with E-state index >= 15 is 0 Å². The molecule has 0 heterocycles. The summed E-state index contributed by atoms with van der Waals surface area (Å²) in [5.41, 5.74) is 0. The van der Waals surface area contributed by atoms with E-state index in [0.29, 0.717) is 5.78 Å². The highest BCUT2D eigenvalue weighted by atomic mass is 16.3. The van der Waals surface area contributed by atoms with Crippen molar-refractivity contribution in [3.63, 3.8) is 0 Å². The molecular weight excluding hydrogens is 152 g/mol. The molecule has 2 heteroatoms. The van der Waals surface area contributed by atoms with Gasteiger partial charge in [0, 0.05) is 12.3 Å². The number of aliphatic hydroxyl groups is 1. The van der Waals surface area contributed by atoms with Crippen molar-refractivity contribution in [1.82, 2.24) is 0 Å². The van der Waals surface area contributed by atoms with Gasteiger partial charge in [-0.3, -0.25) is 4.79 Å². The van der Waals surface area contributed by atoms with Gasteiger partial charge in [-0.05, 0) is 26.2 Å². The molecule has 0 aliphatic heterocycles. The number of allylic oxidation sites excluding steroid dienone is 1. The smallest absolute Gasteiger partial charge is 0.136 e. The van der Waals surface area contributed by atoms with Crippen LogP contribution >= 0.6 is 0 Å². The molecule has 1 unspecified atom stereocenters. The van der Waals surface area contributed by atoms with Gasteiger partial charge in [0.05, 0.1) is 6.10 Å². The number of hydrogen-bond acceptors (Lipinski definition) is 2. The number of aliphatic hydroxyl groups excluding tert-OH is 1. The average molecular weight is 168 g/mol. The molecule has 0 bridgehead atoms. The van der Waals surface area contributed by atoms with E-state index in [1.54, 1.807) is 13.0 Å². The molecule has 1 aliphatic rings. The minimum atomic E-state index is -0.387. The quantitative estimate of drug-likeness (QED) is 0.651. The van der Waals surface area contributed by atoms with Crippen LogP contribution in [0, 0.1) is 5.92 Å². The van der Waals surface area contributed by atoms with Crippen molar-refractivity contribution in [1.29, 1.82) is 0 Å². The first-order valence-electron chi connectivity index (χ1n) is 4.57. The Balaban J connectivity index is 2.27. The Labute approximate surface area is 73.3 Å². The standard InChI is InChI=1S/C10H16O2/c1-8(11)4-2-5-9-6-3-7-10(9)12/h2,4,8-9,11H,3,5-7H2,1H3/b4-2-/t8-,9?/m0/s1. The molecule has 2 nitrogen and oxygen atoms in total. The molecule has 0 aromatic carbocycles. The summed E-state index contributed by atoms with van der Waals surface area (Å²) in [5.74, 6) is 0.630. The van der Waals surface area contributed by atoms with E-state index < -0.39 is 0 Å². The van der Waals surface area contributed by atoms with Crippen LogP contribution in [0.3, 0.4) is 0 Å². The van der Waals surface area contributed by atoms with Gasteiger partial charge in [-0.15, -0.1) is 0 Å². The van der Waals surface area contributed by atoms with Crippen LogP contribution in [0.1, 0.15) is 32.6 Å². The molecular formula is C10H16O2. The third-order valence-corrected chi connectivity index (χ3v) is 2.27. The van der Waals surface area contributed by atoms with Gasteiger partial charge < -0.3 is 5.11 Å². The molecule has 0 aromatic rings. The van der Waals surface area contributed by atoms with Crippen LogP contribution in [0.4, 0.5) is 0 Å². The lowest BCUT2D eigenvalue weighted by atomic mass is 10.0. The van der Waals surface area contributed by atoms with Gasteiger partial charge in [0.25, 0.3) is 0 Å². The van der Waals surface area contributed by atoms with Crippen LogP contribution in [0.15, 0.2) is 12.2 Å². The molecule has 0 amide bonds. The fourth-order valence-corrected chi connectivity index (χ4v) is 1.58. The van der Waals surface area contributed by atoms with E-state index in [1.165, 1.54) is 0 Å². The van der Waals surface area contributed by atoms with E-state index in [1.807, 2.05) is 6.08 Å². The summed E-state index contributed by atoms with van der Waals surface area (Å²) in [6, 6.07) is 0. The van der Waals surface area contributed by atoms with Crippen LogP contribution in [-0.2, 0) is 4.79 Å². The maximum Gasteiger partial charge on any atom is 0.136 e. The lowest BCUT2D eigenvalue weighted by Crippen LogP contribution is -2.04. The topological polar surface area (TPSA) is 37.3 Å². The average Bonchev–Trinajstić information content (AvgIpc) is 2.36. The van der Waals surface area contributed by atoms with Crippen LogP contribution in [0.2, 0.25) is 0 Å². The Bertz CT molecular complexity index is 182. The van der Waals surface area contributed by atoms with Gasteiger partial charge in [-0.2, -0.15) is 0 Å². The number of rotatable bonds is 3. The molecule has 1 rings (SSSR count). The molecule has 0 saturated heterocycles. The summed E-state index contributed by atoms with van der Waals surface area (Å²) in [4.78, 5) is 11.2. The maximum atomic E-state index is 11.2. The fraction of sp³-hybridized carbons (Fsp3) is 0.700. The van der Waals surface area contributed by atoms with Crippen LogP contribution in [0.25, 0.3) is 0 Å². The summed E-state index contributed by atoms with van der Waals surface area (Å²) >= 11 is 0. The van der Waals surface area contributed by atoms with Crippen molar-refractivity contribution in [3.8, 4) is 0 Å². The highest BCUT2D eigenvalue weighted by molar-refractivity contribution is 5.82. The zero-order chi connectivity index (χ0) is 8.97. The van der Waals surface area contributed by atoms with E-state index in [0.717, 1.165) is 25.7 Å². The minimum Gasteiger partial charge on any atom is -0.389 e. The van der Waals surface area contributed by atoms with Crippen molar-refractivity contribution in [2.45, 2.75) is 38.7 Å². The molecule has 0 aromatic heterocycles. The third-order valence-electron chi connectivity index (χ3n) is 2.27. The third kappa shape index (κ3) is 2.78. The molecule has 2 atom stereocenters. The zero-order valence-electron chi connectivity index (χ0n) is 7.49. The van der Waals surface area contributed by atoms with Crippen molar-refractivity contribution in [3.05, 3.63) is 12.2 Å². The normalized spacial score (nSPS) is 26.8. The maximum absolute atomic E-state index is 11.2. The van der Waals surface area contributed by atoms with Gasteiger partial charge in [0.2, 0.25) is 0 Å². The summed E-state index contributed by atoms with van der Waals surface area (Å²) in [7, 11) is 0. The molecule has 0 spiro atoms. The molecule has 1 N–H and O–H groups in total. The predicted octanol–water partition coefficient (Wildman–Crippen LogP) is 1.68. The first-order chi connectivity index (χ1) is 5.70. The SMILES string of the molecule is C[C@H](O)/C=C\CC1CCCC1=O. The van der Waals surface area contributed by atoms with Crippen molar-refractivity contribution >= 4 is 5.78 Å². The van der Waals surface area contributed by atoms with Crippen LogP contribution in [0.5, 0.6) is 0 Å². The van der Waals surface area contributed by atoms with E-state index in [-0.39, 0.29) is 12.0 Å². The summed E-state index contributed by atoms with van der Waals surface area (Å²) < 4.78 is 0. The highest BCUT2D eigenvalue weighted by Crippen LogP contribution is 2.24. The molecule has 1 fully saturated rings. The van der Waals surface area contributed by atoms with Crippen molar-refractivity contribution < 1.29 is 9.90 Å². The van der Waals surface area contributed by atoms with Gasteiger partial charge in [-0.1, -0.05) is 12.2 Å². The number of Topliss-reactive ketones (excluding diaryl/α,β-unsaturated/α-hetero) is 1. The summed E-state index contributed by atoms with van der Waals surface area (Å²) in [5, 5.41) is 8.92. The summed E-state index contributed by atoms with van der Waals surface area (Å²) in [6.45, 7) is 1.72.